The third kappa shape index (κ3) is 2.82. The number of non-ortho nitro benzene ring substituents is 1. The van der Waals surface area contributed by atoms with Crippen molar-refractivity contribution in [2.45, 2.75) is 24.5 Å². The predicted octanol–water partition coefficient (Wildman–Crippen LogP) is -0.554. The molecule has 4 atom stereocenters. The molecule has 1 fully saturated rings. The molecule has 1 saturated heterocycles. The van der Waals surface area contributed by atoms with Gasteiger partial charge in [-0.25, -0.2) is 0 Å². The van der Waals surface area contributed by atoms with Gasteiger partial charge in [-0.15, -0.1) is 0 Å². The zero-order valence-electron chi connectivity index (χ0n) is 9.84. The van der Waals surface area contributed by atoms with Crippen molar-refractivity contribution in [2.75, 3.05) is 11.9 Å². The molecule has 0 radical (unpaired) electrons. The minimum atomic E-state index is -1.23. The molecule has 8 nitrogen and oxygen atoms in total. The van der Waals surface area contributed by atoms with Gasteiger partial charge in [-0.1, -0.05) is 6.07 Å². The van der Waals surface area contributed by atoms with E-state index in [-0.39, 0.29) is 5.69 Å². The van der Waals surface area contributed by atoms with Crippen LogP contribution in [-0.4, -0.2) is 51.4 Å². The zero-order chi connectivity index (χ0) is 14.0. The van der Waals surface area contributed by atoms with Crippen LogP contribution in [0.15, 0.2) is 24.3 Å². The van der Waals surface area contributed by atoms with Gasteiger partial charge in [0.15, 0.2) is 6.23 Å². The Hall–Kier alpha value is -1.74. The fourth-order valence-electron chi connectivity index (χ4n) is 1.89. The van der Waals surface area contributed by atoms with Gasteiger partial charge in [0.2, 0.25) is 0 Å². The monoisotopic (exact) mass is 270 g/mol. The van der Waals surface area contributed by atoms with Crippen molar-refractivity contribution >= 4 is 11.4 Å². The molecule has 1 heterocycles. The van der Waals surface area contributed by atoms with Crippen molar-refractivity contribution in [1.82, 2.24) is 0 Å². The molecule has 0 aromatic heterocycles. The molecule has 1 unspecified atom stereocenters. The van der Waals surface area contributed by atoms with Crippen molar-refractivity contribution in [2.24, 2.45) is 0 Å². The topological polar surface area (TPSA) is 125 Å². The number of benzene rings is 1. The Morgan fingerprint density at radius 1 is 1.37 bits per heavy atom. The average molecular weight is 270 g/mol. The summed E-state index contributed by atoms with van der Waals surface area (Å²) < 4.78 is 5.21. The van der Waals surface area contributed by atoms with Gasteiger partial charge in [0, 0.05) is 17.8 Å². The third-order valence-electron chi connectivity index (χ3n) is 2.91. The van der Waals surface area contributed by atoms with Crippen LogP contribution in [-0.2, 0) is 4.74 Å². The summed E-state index contributed by atoms with van der Waals surface area (Å²) in [5.74, 6) is 0. The van der Waals surface area contributed by atoms with Gasteiger partial charge in [-0.3, -0.25) is 10.1 Å². The second kappa shape index (κ2) is 5.49. The van der Waals surface area contributed by atoms with Crippen molar-refractivity contribution < 1.29 is 25.0 Å². The van der Waals surface area contributed by atoms with Crippen molar-refractivity contribution in [1.29, 1.82) is 0 Å². The lowest BCUT2D eigenvalue weighted by atomic mass is 10.1. The summed E-state index contributed by atoms with van der Waals surface area (Å²) in [6.07, 6.45) is -4.25. The standard InChI is InChI=1S/C11H14N2O6/c14-5-8-9(15)10(16)11(19-8)12-6-2-1-3-7(4-6)13(17)18/h1-4,8-12,14-16H,5H2/t8-,9-,10-,11?/m1/s1. The summed E-state index contributed by atoms with van der Waals surface area (Å²) in [4.78, 5) is 10.1. The normalized spacial score (nSPS) is 30.3. The van der Waals surface area contributed by atoms with Crippen molar-refractivity contribution in [3.05, 3.63) is 34.4 Å². The number of aliphatic hydroxyl groups is 3. The fraction of sp³-hybridized carbons (Fsp3) is 0.455. The zero-order valence-corrected chi connectivity index (χ0v) is 9.84. The number of nitrogens with zero attached hydrogens (tertiary/aromatic N) is 1. The quantitative estimate of drug-likeness (QED) is 0.427. The van der Waals surface area contributed by atoms with E-state index >= 15 is 0 Å². The maximum absolute atomic E-state index is 10.6. The fourth-order valence-corrected chi connectivity index (χ4v) is 1.89. The number of rotatable bonds is 4. The predicted molar refractivity (Wildman–Crippen MR) is 64.5 cm³/mol. The van der Waals surface area contributed by atoms with Crippen LogP contribution in [0.2, 0.25) is 0 Å². The molecule has 8 heteroatoms. The van der Waals surface area contributed by atoms with Gasteiger partial charge in [-0.05, 0) is 6.07 Å². The molecule has 4 N–H and O–H groups in total. The summed E-state index contributed by atoms with van der Waals surface area (Å²) in [6, 6.07) is 5.68. The molecule has 1 aliphatic heterocycles. The minimum absolute atomic E-state index is 0.100. The molecule has 0 spiro atoms. The van der Waals surface area contributed by atoms with Crippen molar-refractivity contribution in [3.63, 3.8) is 0 Å². The highest BCUT2D eigenvalue weighted by Gasteiger charge is 2.42. The lowest BCUT2D eigenvalue weighted by Gasteiger charge is -2.17. The molecule has 0 aliphatic carbocycles. The molecule has 0 amide bonds. The van der Waals surface area contributed by atoms with Crippen LogP contribution in [0.5, 0.6) is 0 Å². The maximum Gasteiger partial charge on any atom is 0.271 e. The summed E-state index contributed by atoms with van der Waals surface area (Å²) in [5.41, 5.74) is 0.279. The van der Waals surface area contributed by atoms with Gasteiger partial charge in [-0.2, -0.15) is 0 Å². The highest BCUT2D eigenvalue weighted by atomic mass is 16.6. The molecule has 1 aromatic carbocycles. The number of hydrogen-bond donors (Lipinski definition) is 4. The van der Waals surface area contributed by atoms with Crippen LogP contribution in [0.25, 0.3) is 0 Å². The average Bonchev–Trinajstić information content (AvgIpc) is 2.67. The van der Waals surface area contributed by atoms with Gasteiger partial charge in [0.25, 0.3) is 5.69 Å². The van der Waals surface area contributed by atoms with E-state index in [1.165, 1.54) is 18.2 Å². The van der Waals surface area contributed by atoms with Gasteiger partial charge >= 0.3 is 0 Å². The van der Waals surface area contributed by atoms with E-state index in [2.05, 4.69) is 5.32 Å². The van der Waals surface area contributed by atoms with Gasteiger partial charge in [0.1, 0.15) is 18.3 Å². The van der Waals surface area contributed by atoms with Crippen LogP contribution >= 0.6 is 0 Å². The van der Waals surface area contributed by atoms with E-state index in [4.69, 9.17) is 9.84 Å². The largest absolute Gasteiger partial charge is 0.394 e. The SMILES string of the molecule is O=[N+]([O-])c1cccc(NC2O[C@H](CO)[C@@H](O)[C@H]2O)c1. The highest BCUT2D eigenvalue weighted by Crippen LogP contribution is 2.24. The molecule has 2 rings (SSSR count). The summed E-state index contributed by atoms with van der Waals surface area (Å²) in [6.45, 7) is -0.425. The smallest absolute Gasteiger partial charge is 0.271 e. The van der Waals surface area contributed by atoms with E-state index in [0.29, 0.717) is 5.69 Å². The Kier molecular flexibility index (Phi) is 3.96. The highest BCUT2D eigenvalue weighted by molar-refractivity contribution is 5.51. The van der Waals surface area contributed by atoms with Crippen LogP contribution < -0.4 is 5.32 Å². The molecular weight excluding hydrogens is 256 g/mol. The molecule has 0 bridgehead atoms. The Labute approximate surface area is 108 Å². The van der Waals surface area contributed by atoms with E-state index in [0.717, 1.165) is 0 Å². The molecule has 1 aromatic rings. The maximum atomic E-state index is 10.6. The first-order valence-corrected chi connectivity index (χ1v) is 5.66. The van der Waals surface area contributed by atoms with E-state index in [1.54, 1.807) is 6.07 Å². The third-order valence-corrected chi connectivity index (χ3v) is 2.91. The molecule has 104 valence electrons. The van der Waals surface area contributed by atoms with E-state index in [9.17, 15) is 20.3 Å². The number of nitrogens with one attached hydrogen (secondary N) is 1. The Morgan fingerprint density at radius 3 is 2.68 bits per heavy atom. The van der Waals surface area contributed by atoms with Crippen molar-refractivity contribution in [3.8, 4) is 0 Å². The van der Waals surface area contributed by atoms with Crippen LogP contribution in [0.3, 0.4) is 0 Å². The first-order valence-electron chi connectivity index (χ1n) is 5.66. The van der Waals surface area contributed by atoms with E-state index in [1.807, 2.05) is 0 Å². The second-order valence-electron chi connectivity index (χ2n) is 4.21. The number of hydrogen-bond acceptors (Lipinski definition) is 7. The number of nitro groups is 1. The number of nitro benzene ring substituents is 1. The number of anilines is 1. The lowest BCUT2D eigenvalue weighted by Crippen LogP contribution is -2.36. The number of aliphatic hydroxyl groups excluding tert-OH is 3. The number of ether oxygens (including phenoxy) is 1. The molecule has 1 aliphatic rings. The summed E-state index contributed by atoms with van der Waals surface area (Å²) in [5, 5.41) is 41.6. The van der Waals surface area contributed by atoms with Crippen LogP contribution in [0, 0.1) is 10.1 Å². The Bertz CT molecular complexity index is 468. The first-order chi connectivity index (χ1) is 9.02. The van der Waals surface area contributed by atoms with Crippen LogP contribution in [0.1, 0.15) is 0 Å². The summed E-state index contributed by atoms with van der Waals surface area (Å²) >= 11 is 0. The molecule has 19 heavy (non-hydrogen) atoms. The first kappa shape index (κ1) is 13.7. The molecule has 0 saturated carbocycles. The van der Waals surface area contributed by atoms with Crippen LogP contribution in [0.4, 0.5) is 11.4 Å². The second-order valence-corrected chi connectivity index (χ2v) is 4.21. The molecular formula is C11H14N2O6. The Morgan fingerprint density at radius 2 is 2.11 bits per heavy atom. The van der Waals surface area contributed by atoms with Gasteiger partial charge in [0.05, 0.1) is 11.5 Å². The van der Waals surface area contributed by atoms with Gasteiger partial charge < -0.3 is 25.4 Å². The van der Waals surface area contributed by atoms with E-state index < -0.39 is 36.1 Å². The lowest BCUT2D eigenvalue weighted by molar-refractivity contribution is -0.384. The Balaban J connectivity index is 2.09. The minimum Gasteiger partial charge on any atom is -0.394 e. The summed E-state index contributed by atoms with van der Waals surface area (Å²) in [7, 11) is 0.